The molecule has 1 aromatic heterocycles. The van der Waals surface area contributed by atoms with Gasteiger partial charge in [0, 0.05) is 13.1 Å². The fourth-order valence-corrected chi connectivity index (χ4v) is 3.25. The molecule has 0 spiro atoms. The third-order valence-electron chi connectivity index (χ3n) is 2.63. The van der Waals surface area contributed by atoms with E-state index in [1.807, 2.05) is 13.8 Å². The molecular formula is C12H24N4O2S. The highest BCUT2D eigenvalue weighted by Crippen LogP contribution is 2.17. The second kappa shape index (κ2) is 7.02. The first kappa shape index (κ1) is 16.1. The van der Waals surface area contributed by atoms with Crippen LogP contribution in [0.1, 0.15) is 38.6 Å². The van der Waals surface area contributed by atoms with Gasteiger partial charge in [0.25, 0.3) is 0 Å². The number of aromatic amines is 1. The van der Waals surface area contributed by atoms with Gasteiger partial charge < -0.3 is 5.32 Å². The van der Waals surface area contributed by atoms with Gasteiger partial charge in [-0.1, -0.05) is 20.8 Å². The van der Waals surface area contributed by atoms with E-state index in [9.17, 15) is 8.42 Å². The lowest BCUT2D eigenvalue weighted by molar-refractivity contribution is 0.557. The standard InChI is InChI=1S/C12H24N4O2S/c1-5-6-13-8-11-12(10(4)15-16-11)19(17,18)14-7-9(2)3/h9,13-14H,5-8H2,1-4H3,(H,15,16). The summed E-state index contributed by atoms with van der Waals surface area (Å²) >= 11 is 0. The maximum Gasteiger partial charge on any atom is 0.244 e. The molecule has 19 heavy (non-hydrogen) atoms. The minimum atomic E-state index is -3.49. The largest absolute Gasteiger partial charge is 0.311 e. The molecule has 0 fully saturated rings. The van der Waals surface area contributed by atoms with Crippen LogP contribution in [0.15, 0.2) is 4.90 Å². The number of hydrogen-bond donors (Lipinski definition) is 3. The molecule has 1 heterocycles. The molecule has 0 amide bonds. The topological polar surface area (TPSA) is 86.9 Å². The number of rotatable bonds is 8. The van der Waals surface area contributed by atoms with Gasteiger partial charge in [0.1, 0.15) is 4.90 Å². The molecule has 1 aromatic rings. The van der Waals surface area contributed by atoms with Gasteiger partial charge in [-0.25, -0.2) is 13.1 Å². The van der Waals surface area contributed by atoms with Crippen molar-refractivity contribution in [1.29, 1.82) is 0 Å². The Balaban J connectivity index is 2.88. The number of aromatic nitrogens is 2. The van der Waals surface area contributed by atoms with E-state index in [4.69, 9.17) is 0 Å². The molecule has 1 rings (SSSR count). The fourth-order valence-electron chi connectivity index (χ4n) is 1.68. The first-order valence-electron chi connectivity index (χ1n) is 6.62. The molecule has 0 aliphatic rings. The third-order valence-corrected chi connectivity index (χ3v) is 4.26. The first-order valence-corrected chi connectivity index (χ1v) is 8.11. The van der Waals surface area contributed by atoms with Gasteiger partial charge in [-0.05, 0) is 25.8 Å². The summed E-state index contributed by atoms with van der Waals surface area (Å²) in [6, 6.07) is 0. The molecule has 7 heteroatoms. The fraction of sp³-hybridized carbons (Fsp3) is 0.750. The van der Waals surface area contributed by atoms with Crippen molar-refractivity contribution >= 4 is 10.0 Å². The van der Waals surface area contributed by atoms with Gasteiger partial charge in [0.15, 0.2) is 0 Å². The van der Waals surface area contributed by atoms with Gasteiger partial charge >= 0.3 is 0 Å². The first-order chi connectivity index (χ1) is 8.88. The Hall–Kier alpha value is -0.920. The second-order valence-corrected chi connectivity index (χ2v) is 6.75. The predicted molar refractivity (Wildman–Crippen MR) is 75.3 cm³/mol. The normalized spacial score (nSPS) is 12.3. The molecule has 0 aliphatic heterocycles. The maximum absolute atomic E-state index is 12.3. The Labute approximate surface area is 115 Å². The SMILES string of the molecule is CCCNCc1n[nH]c(C)c1S(=O)(=O)NCC(C)C. The maximum atomic E-state index is 12.3. The van der Waals surface area contributed by atoms with Gasteiger partial charge in [-0.2, -0.15) is 5.10 Å². The van der Waals surface area contributed by atoms with Crippen LogP contribution in [-0.2, 0) is 16.6 Å². The third kappa shape index (κ3) is 4.59. The molecule has 0 saturated heterocycles. The van der Waals surface area contributed by atoms with Crippen LogP contribution in [-0.4, -0.2) is 31.7 Å². The van der Waals surface area contributed by atoms with E-state index in [-0.39, 0.29) is 10.8 Å². The highest BCUT2D eigenvalue weighted by molar-refractivity contribution is 7.89. The lowest BCUT2D eigenvalue weighted by Gasteiger charge is -2.10. The average molecular weight is 288 g/mol. The Morgan fingerprint density at radius 1 is 1.37 bits per heavy atom. The second-order valence-electron chi connectivity index (χ2n) is 5.05. The minimum absolute atomic E-state index is 0.267. The zero-order chi connectivity index (χ0) is 14.5. The molecule has 0 atom stereocenters. The van der Waals surface area contributed by atoms with Crippen LogP contribution in [0.4, 0.5) is 0 Å². The van der Waals surface area contributed by atoms with Crippen molar-refractivity contribution in [1.82, 2.24) is 20.2 Å². The van der Waals surface area contributed by atoms with E-state index in [2.05, 4.69) is 27.2 Å². The van der Waals surface area contributed by atoms with Gasteiger partial charge in [-0.3, -0.25) is 5.10 Å². The van der Waals surface area contributed by atoms with E-state index in [1.54, 1.807) is 6.92 Å². The van der Waals surface area contributed by atoms with E-state index in [0.29, 0.717) is 24.5 Å². The highest BCUT2D eigenvalue weighted by atomic mass is 32.2. The van der Waals surface area contributed by atoms with E-state index in [1.165, 1.54) is 0 Å². The monoisotopic (exact) mass is 288 g/mol. The summed E-state index contributed by atoms with van der Waals surface area (Å²) in [6.45, 7) is 9.43. The summed E-state index contributed by atoms with van der Waals surface area (Å²) in [5.74, 6) is 0.267. The minimum Gasteiger partial charge on any atom is -0.311 e. The lowest BCUT2D eigenvalue weighted by atomic mass is 10.2. The Morgan fingerprint density at radius 3 is 2.63 bits per heavy atom. The number of hydrogen-bond acceptors (Lipinski definition) is 4. The smallest absolute Gasteiger partial charge is 0.244 e. The van der Waals surface area contributed by atoms with Crippen LogP contribution in [0.5, 0.6) is 0 Å². The molecule has 0 bridgehead atoms. The van der Waals surface area contributed by atoms with Crippen molar-refractivity contribution in [3.8, 4) is 0 Å². The number of nitrogens with one attached hydrogen (secondary N) is 3. The number of sulfonamides is 1. The summed E-state index contributed by atoms with van der Waals surface area (Å²) in [6.07, 6.45) is 0.997. The summed E-state index contributed by atoms with van der Waals surface area (Å²) in [4.78, 5) is 0.275. The average Bonchev–Trinajstić information content (AvgIpc) is 2.69. The highest BCUT2D eigenvalue weighted by Gasteiger charge is 2.23. The molecule has 0 radical (unpaired) electrons. The molecular weight excluding hydrogens is 264 g/mol. The van der Waals surface area contributed by atoms with E-state index in [0.717, 1.165) is 13.0 Å². The number of H-pyrrole nitrogens is 1. The van der Waals surface area contributed by atoms with Crippen LogP contribution < -0.4 is 10.0 Å². The van der Waals surface area contributed by atoms with E-state index < -0.39 is 10.0 Å². The van der Waals surface area contributed by atoms with Crippen molar-refractivity contribution in [3.63, 3.8) is 0 Å². The quantitative estimate of drug-likeness (QED) is 0.626. The molecule has 0 aromatic carbocycles. The van der Waals surface area contributed by atoms with Crippen molar-refractivity contribution in [2.75, 3.05) is 13.1 Å². The Kier molecular flexibility index (Phi) is 5.96. The summed E-state index contributed by atoms with van der Waals surface area (Å²) in [5.41, 5.74) is 1.12. The van der Waals surface area contributed by atoms with Crippen LogP contribution in [0.25, 0.3) is 0 Å². The van der Waals surface area contributed by atoms with Crippen molar-refractivity contribution in [3.05, 3.63) is 11.4 Å². The number of aryl methyl sites for hydroxylation is 1. The molecule has 0 aliphatic carbocycles. The van der Waals surface area contributed by atoms with Crippen LogP contribution in [0.2, 0.25) is 0 Å². The molecule has 0 saturated carbocycles. The van der Waals surface area contributed by atoms with Crippen molar-refractivity contribution in [2.45, 2.75) is 45.6 Å². The molecule has 0 unspecified atom stereocenters. The van der Waals surface area contributed by atoms with Gasteiger partial charge in [-0.15, -0.1) is 0 Å². The molecule has 3 N–H and O–H groups in total. The lowest BCUT2D eigenvalue weighted by Crippen LogP contribution is -2.29. The predicted octanol–water partition coefficient (Wildman–Crippen LogP) is 1.15. The zero-order valence-corrected chi connectivity index (χ0v) is 12.9. The molecule has 6 nitrogen and oxygen atoms in total. The Bertz CT molecular complexity index is 494. The van der Waals surface area contributed by atoms with E-state index >= 15 is 0 Å². The molecule has 110 valence electrons. The van der Waals surface area contributed by atoms with Crippen LogP contribution >= 0.6 is 0 Å². The van der Waals surface area contributed by atoms with Gasteiger partial charge in [0.05, 0.1) is 11.4 Å². The zero-order valence-electron chi connectivity index (χ0n) is 12.1. The number of nitrogens with zero attached hydrogens (tertiary/aromatic N) is 1. The Morgan fingerprint density at radius 2 is 2.05 bits per heavy atom. The summed E-state index contributed by atoms with van der Waals surface area (Å²) in [5, 5.41) is 9.99. The van der Waals surface area contributed by atoms with Gasteiger partial charge in [0.2, 0.25) is 10.0 Å². The van der Waals surface area contributed by atoms with Crippen LogP contribution in [0.3, 0.4) is 0 Å². The summed E-state index contributed by atoms with van der Waals surface area (Å²) < 4.78 is 27.2. The van der Waals surface area contributed by atoms with Crippen molar-refractivity contribution < 1.29 is 8.42 Å². The summed E-state index contributed by atoms with van der Waals surface area (Å²) in [7, 11) is -3.49. The van der Waals surface area contributed by atoms with Crippen LogP contribution in [0, 0.1) is 12.8 Å². The van der Waals surface area contributed by atoms with Crippen molar-refractivity contribution in [2.24, 2.45) is 5.92 Å².